The van der Waals surface area contributed by atoms with Crippen LogP contribution in [-0.2, 0) is 16.0 Å². The number of benzene rings is 2. The van der Waals surface area contributed by atoms with E-state index in [0.29, 0.717) is 30.3 Å². The van der Waals surface area contributed by atoms with Crippen LogP contribution in [0.4, 0.5) is 0 Å². The summed E-state index contributed by atoms with van der Waals surface area (Å²) in [6, 6.07) is 15.3. The van der Waals surface area contributed by atoms with Gasteiger partial charge in [0, 0.05) is 30.6 Å². The Morgan fingerprint density at radius 3 is 2.38 bits per heavy atom. The van der Waals surface area contributed by atoms with E-state index < -0.39 is 0 Å². The molecule has 1 N–H and O–H groups in total. The van der Waals surface area contributed by atoms with Crippen LogP contribution in [-0.4, -0.2) is 42.5 Å². The minimum Gasteiger partial charge on any atom is -0.484 e. The lowest BCUT2D eigenvalue weighted by Crippen LogP contribution is -2.47. The smallest absolute Gasteiger partial charge is 0.260 e. The van der Waals surface area contributed by atoms with Crippen LogP contribution in [0.5, 0.6) is 5.75 Å². The van der Waals surface area contributed by atoms with Crippen molar-refractivity contribution in [1.29, 1.82) is 0 Å². The zero-order chi connectivity index (χ0) is 20.6. The summed E-state index contributed by atoms with van der Waals surface area (Å²) in [7, 11) is 0. The van der Waals surface area contributed by atoms with Gasteiger partial charge >= 0.3 is 0 Å². The van der Waals surface area contributed by atoms with Crippen LogP contribution >= 0.6 is 11.6 Å². The first-order chi connectivity index (χ1) is 14.0. The molecule has 5 nitrogen and oxygen atoms in total. The molecule has 0 aromatic heterocycles. The number of nitrogens with one attached hydrogen (secondary N) is 1. The van der Waals surface area contributed by atoms with Crippen molar-refractivity contribution in [3.05, 3.63) is 64.7 Å². The summed E-state index contributed by atoms with van der Waals surface area (Å²) in [4.78, 5) is 26.4. The summed E-state index contributed by atoms with van der Waals surface area (Å²) in [6.07, 6.45) is 2.76. The highest BCUT2D eigenvalue weighted by molar-refractivity contribution is 6.30. The molecule has 154 valence electrons. The standard InChI is InChI=1S/C23H27ClN2O3/c1-17-2-4-18(5-3-17)6-11-22(27)25-20-12-14-26(15-13-20)23(28)16-29-21-9-7-19(24)8-10-21/h2-5,7-10,20H,6,11-16H2,1H3,(H,25,27). The Bertz CT molecular complexity index is 813. The Hall–Kier alpha value is -2.53. The maximum absolute atomic E-state index is 12.3. The monoisotopic (exact) mass is 414 g/mol. The van der Waals surface area contributed by atoms with Crippen molar-refractivity contribution in [3.8, 4) is 5.75 Å². The molecule has 0 bridgehead atoms. The first-order valence-electron chi connectivity index (χ1n) is 10.0. The van der Waals surface area contributed by atoms with Gasteiger partial charge in [-0.2, -0.15) is 0 Å². The second-order valence-corrected chi connectivity index (χ2v) is 7.89. The van der Waals surface area contributed by atoms with E-state index in [-0.39, 0.29) is 24.5 Å². The van der Waals surface area contributed by atoms with Gasteiger partial charge in [-0.1, -0.05) is 41.4 Å². The Kier molecular flexibility index (Phi) is 7.53. The molecule has 6 heteroatoms. The number of likely N-dealkylation sites (tertiary alicyclic amines) is 1. The largest absolute Gasteiger partial charge is 0.484 e. The van der Waals surface area contributed by atoms with Crippen molar-refractivity contribution in [1.82, 2.24) is 10.2 Å². The Labute approximate surface area is 177 Å². The van der Waals surface area contributed by atoms with Gasteiger partial charge in [0.05, 0.1) is 0 Å². The summed E-state index contributed by atoms with van der Waals surface area (Å²) < 4.78 is 5.53. The normalized spacial score (nSPS) is 14.5. The van der Waals surface area contributed by atoms with E-state index in [9.17, 15) is 9.59 Å². The summed E-state index contributed by atoms with van der Waals surface area (Å²) in [5, 5.41) is 3.73. The zero-order valence-electron chi connectivity index (χ0n) is 16.7. The fourth-order valence-corrected chi connectivity index (χ4v) is 3.48. The van der Waals surface area contributed by atoms with Crippen LogP contribution in [0.15, 0.2) is 48.5 Å². The molecule has 0 atom stereocenters. The van der Waals surface area contributed by atoms with Crippen LogP contribution < -0.4 is 10.1 Å². The molecule has 0 aliphatic carbocycles. The number of hydrogen-bond donors (Lipinski definition) is 1. The fraction of sp³-hybridized carbons (Fsp3) is 0.391. The molecule has 0 unspecified atom stereocenters. The van der Waals surface area contributed by atoms with Crippen LogP contribution in [0.25, 0.3) is 0 Å². The van der Waals surface area contributed by atoms with Crippen LogP contribution in [0, 0.1) is 6.92 Å². The molecular formula is C23H27ClN2O3. The minimum atomic E-state index is -0.0379. The third kappa shape index (κ3) is 6.79. The van der Waals surface area contributed by atoms with Gasteiger partial charge in [0.15, 0.2) is 6.61 Å². The molecule has 1 fully saturated rings. The molecule has 2 aromatic rings. The number of hydrogen-bond acceptors (Lipinski definition) is 3. The van der Waals surface area contributed by atoms with Crippen molar-refractivity contribution in [3.63, 3.8) is 0 Å². The summed E-state index contributed by atoms with van der Waals surface area (Å²) in [5.74, 6) is 0.656. The van der Waals surface area contributed by atoms with Gasteiger partial charge in [-0.25, -0.2) is 0 Å². The SMILES string of the molecule is Cc1ccc(CCC(=O)NC2CCN(C(=O)COc3ccc(Cl)cc3)CC2)cc1. The number of carbonyl (C=O) groups excluding carboxylic acids is 2. The highest BCUT2D eigenvalue weighted by Crippen LogP contribution is 2.16. The molecule has 2 aromatic carbocycles. The van der Waals surface area contributed by atoms with Crippen molar-refractivity contribution in [2.45, 2.75) is 38.6 Å². The quantitative estimate of drug-likeness (QED) is 0.750. The first kappa shape index (κ1) is 21.2. The molecule has 1 heterocycles. The maximum Gasteiger partial charge on any atom is 0.260 e. The highest BCUT2D eigenvalue weighted by atomic mass is 35.5. The van der Waals surface area contributed by atoms with Gasteiger partial charge in [-0.15, -0.1) is 0 Å². The number of rotatable bonds is 7. The number of halogens is 1. The second-order valence-electron chi connectivity index (χ2n) is 7.45. The van der Waals surface area contributed by atoms with Gasteiger partial charge in [0.1, 0.15) is 5.75 Å². The predicted octanol–water partition coefficient (Wildman–Crippen LogP) is 3.77. The molecule has 0 spiro atoms. The van der Waals surface area contributed by atoms with Crippen molar-refractivity contribution < 1.29 is 14.3 Å². The number of carbonyl (C=O) groups is 2. The van der Waals surface area contributed by atoms with Crippen LogP contribution in [0.3, 0.4) is 0 Å². The molecule has 1 aliphatic heterocycles. The van der Waals surface area contributed by atoms with E-state index in [1.54, 1.807) is 29.2 Å². The van der Waals surface area contributed by atoms with Gasteiger partial charge in [-0.3, -0.25) is 9.59 Å². The van der Waals surface area contributed by atoms with E-state index in [0.717, 1.165) is 19.3 Å². The molecule has 1 aliphatic rings. The van der Waals surface area contributed by atoms with Gasteiger partial charge in [-0.05, 0) is 56.0 Å². The van der Waals surface area contributed by atoms with Gasteiger partial charge in [0.2, 0.25) is 5.91 Å². The lowest BCUT2D eigenvalue weighted by atomic mass is 10.0. The van der Waals surface area contributed by atoms with Gasteiger partial charge in [0.25, 0.3) is 5.91 Å². The number of ether oxygens (including phenoxy) is 1. The third-order valence-corrected chi connectivity index (χ3v) is 5.40. The number of aryl methyl sites for hydroxylation is 2. The van der Waals surface area contributed by atoms with E-state index >= 15 is 0 Å². The van der Waals surface area contributed by atoms with Gasteiger partial charge < -0.3 is 15.0 Å². The average Bonchev–Trinajstić information content (AvgIpc) is 2.73. The topological polar surface area (TPSA) is 58.6 Å². The zero-order valence-corrected chi connectivity index (χ0v) is 17.5. The Morgan fingerprint density at radius 2 is 1.72 bits per heavy atom. The highest BCUT2D eigenvalue weighted by Gasteiger charge is 2.24. The summed E-state index contributed by atoms with van der Waals surface area (Å²) >= 11 is 5.84. The molecule has 1 saturated heterocycles. The summed E-state index contributed by atoms with van der Waals surface area (Å²) in [6.45, 7) is 3.32. The first-order valence-corrected chi connectivity index (χ1v) is 10.4. The molecule has 3 rings (SSSR count). The number of piperidine rings is 1. The van der Waals surface area contributed by atoms with Crippen molar-refractivity contribution >= 4 is 23.4 Å². The number of nitrogens with zero attached hydrogens (tertiary/aromatic N) is 1. The molecular weight excluding hydrogens is 388 g/mol. The van der Waals surface area contributed by atoms with E-state index in [2.05, 4.69) is 36.5 Å². The lowest BCUT2D eigenvalue weighted by Gasteiger charge is -2.32. The maximum atomic E-state index is 12.3. The van der Waals surface area contributed by atoms with Crippen molar-refractivity contribution in [2.24, 2.45) is 0 Å². The molecule has 0 radical (unpaired) electrons. The second kappa shape index (κ2) is 10.3. The van der Waals surface area contributed by atoms with E-state index in [1.165, 1.54) is 11.1 Å². The predicted molar refractivity (Wildman–Crippen MR) is 114 cm³/mol. The van der Waals surface area contributed by atoms with Crippen molar-refractivity contribution in [2.75, 3.05) is 19.7 Å². The molecule has 2 amide bonds. The van der Waals surface area contributed by atoms with E-state index in [1.807, 2.05) is 0 Å². The number of amides is 2. The van der Waals surface area contributed by atoms with Crippen LogP contribution in [0.1, 0.15) is 30.4 Å². The molecule has 29 heavy (non-hydrogen) atoms. The molecule has 0 saturated carbocycles. The Morgan fingerprint density at radius 1 is 1.07 bits per heavy atom. The Balaban J connectivity index is 1.34. The average molecular weight is 415 g/mol. The lowest BCUT2D eigenvalue weighted by molar-refractivity contribution is -0.134. The van der Waals surface area contributed by atoms with Crippen LogP contribution in [0.2, 0.25) is 5.02 Å². The van der Waals surface area contributed by atoms with E-state index in [4.69, 9.17) is 16.3 Å². The summed E-state index contributed by atoms with van der Waals surface area (Å²) in [5.41, 5.74) is 2.39. The third-order valence-electron chi connectivity index (χ3n) is 5.15. The minimum absolute atomic E-state index is 0.00914. The fourth-order valence-electron chi connectivity index (χ4n) is 3.35.